The number of benzene rings is 1. The molecule has 13 heteroatoms. The third-order valence-corrected chi connectivity index (χ3v) is 8.87. The molecule has 1 aliphatic rings. The Kier molecular flexibility index (Phi) is 9.62. The Hall–Kier alpha value is -4.36. The molecule has 224 valence electrons. The molecule has 4 bridgehead atoms. The minimum Gasteiger partial charge on any atom is -0.357 e. The quantitative estimate of drug-likeness (QED) is 0.274. The van der Waals surface area contributed by atoms with Gasteiger partial charge in [0.1, 0.15) is 27.1 Å². The standard InChI is InChI=1S/C30H33N7O4S2/c1-18(2)25-29-35-22(16-43-29)26(39)32-12-7-13-37(30(41)20-10-6-11-31-20)15-24(38)33-21(14-19-8-4-3-5-9-19)28-34-23(17-42-28)27(40)36-25/h3-6,8-11,16-18,21,25,31H,7,12-15H2,1-2H3,(H,32,39)(H,33,38)(H,36,40)/t21-,25-/m0/s1. The van der Waals surface area contributed by atoms with E-state index in [1.165, 1.54) is 27.6 Å². The van der Waals surface area contributed by atoms with E-state index >= 15 is 0 Å². The summed E-state index contributed by atoms with van der Waals surface area (Å²) in [6.45, 7) is 4.28. The van der Waals surface area contributed by atoms with Crippen molar-refractivity contribution in [3.8, 4) is 0 Å². The van der Waals surface area contributed by atoms with Gasteiger partial charge in [0.25, 0.3) is 17.7 Å². The molecule has 5 rings (SSSR count). The molecule has 2 atom stereocenters. The molecule has 4 amide bonds. The Morgan fingerprint density at radius 2 is 1.67 bits per heavy atom. The zero-order valence-electron chi connectivity index (χ0n) is 23.8. The first-order chi connectivity index (χ1) is 20.8. The van der Waals surface area contributed by atoms with Crippen molar-refractivity contribution < 1.29 is 19.2 Å². The van der Waals surface area contributed by atoms with Crippen LogP contribution in [0.3, 0.4) is 0 Å². The summed E-state index contributed by atoms with van der Waals surface area (Å²) in [5.41, 5.74) is 1.84. The van der Waals surface area contributed by atoms with Crippen LogP contribution in [-0.2, 0) is 11.2 Å². The van der Waals surface area contributed by atoms with Crippen LogP contribution in [0, 0.1) is 5.92 Å². The third-order valence-electron chi connectivity index (χ3n) is 6.98. The summed E-state index contributed by atoms with van der Waals surface area (Å²) in [6, 6.07) is 12.1. The van der Waals surface area contributed by atoms with E-state index in [1.807, 2.05) is 44.2 Å². The number of aromatic amines is 1. The predicted molar refractivity (Wildman–Crippen MR) is 164 cm³/mol. The van der Waals surface area contributed by atoms with E-state index in [9.17, 15) is 19.2 Å². The molecule has 43 heavy (non-hydrogen) atoms. The van der Waals surface area contributed by atoms with Crippen LogP contribution in [0.15, 0.2) is 59.4 Å². The SMILES string of the molecule is CC(C)[C@@H]1NC(=O)c2csc(n2)[C@H](Cc2ccccc2)NC(=O)CN(C(=O)c2ccc[nH]2)CCCNC(=O)c2csc1n2. The summed E-state index contributed by atoms with van der Waals surface area (Å²) in [5, 5.41) is 13.5. The van der Waals surface area contributed by atoms with Crippen molar-refractivity contribution in [1.29, 1.82) is 0 Å². The summed E-state index contributed by atoms with van der Waals surface area (Å²) in [5.74, 6) is -1.39. The van der Waals surface area contributed by atoms with E-state index in [0.29, 0.717) is 28.6 Å². The number of aromatic nitrogens is 3. The number of nitrogens with zero attached hydrogens (tertiary/aromatic N) is 3. The van der Waals surface area contributed by atoms with Gasteiger partial charge in [-0.2, -0.15) is 0 Å². The molecular formula is C30H33N7O4S2. The monoisotopic (exact) mass is 619 g/mol. The normalized spacial score (nSPS) is 18.7. The Balaban J connectivity index is 1.46. The highest BCUT2D eigenvalue weighted by molar-refractivity contribution is 7.10. The first kappa shape index (κ1) is 30.1. The number of thiazole rings is 2. The topological polar surface area (TPSA) is 149 Å². The summed E-state index contributed by atoms with van der Waals surface area (Å²) >= 11 is 2.60. The fourth-order valence-electron chi connectivity index (χ4n) is 4.73. The molecule has 1 aliphatic heterocycles. The highest BCUT2D eigenvalue weighted by Gasteiger charge is 2.27. The number of rotatable bonds is 4. The molecule has 0 fully saturated rings. The number of H-pyrrole nitrogens is 1. The lowest BCUT2D eigenvalue weighted by Crippen LogP contribution is -2.43. The van der Waals surface area contributed by atoms with E-state index in [0.717, 1.165) is 5.56 Å². The predicted octanol–water partition coefficient (Wildman–Crippen LogP) is 3.73. The smallest absolute Gasteiger partial charge is 0.271 e. The zero-order chi connectivity index (χ0) is 30.3. The van der Waals surface area contributed by atoms with Gasteiger partial charge in [-0.3, -0.25) is 19.2 Å². The number of amides is 4. The van der Waals surface area contributed by atoms with Crippen LogP contribution in [-0.4, -0.2) is 63.1 Å². The Bertz CT molecular complexity index is 1570. The fourth-order valence-corrected chi connectivity index (χ4v) is 6.60. The second-order valence-corrected chi connectivity index (χ2v) is 12.3. The van der Waals surface area contributed by atoms with E-state index in [-0.39, 0.29) is 60.6 Å². The molecule has 0 saturated heterocycles. The average Bonchev–Trinajstić information content (AvgIpc) is 3.79. The van der Waals surface area contributed by atoms with Crippen molar-refractivity contribution in [3.63, 3.8) is 0 Å². The van der Waals surface area contributed by atoms with Crippen molar-refractivity contribution in [2.24, 2.45) is 5.92 Å². The van der Waals surface area contributed by atoms with Crippen LogP contribution in [0.4, 0.5) is 0 Å². The maximum atomic E-state index is 13.4. The number of hydrogen-bond donors (Lipinski definition) is 4. The molecule has 4 heterocycles. The fraction of sp³-hybridized carbons (Fsp3) is 0.333. The zero-order valence-corrected chi connectivity index (χ0v) is 25.5. The molecule has 0 aliphatic carbocycles. The molecule has 4 aromatic rings. The van der Waals surface area contributed by atoms with Crippen LogP contribution in [0.25, 0.3) is 0 Å². The van der Waals surface area contributed by atoms with Crippen LogP contribution in [0.5, 0.6) is 0 Å². The summed E-state index contributed by atoms with van der Waals surface area (Å²) in [6.07, 6.45) is 2.53. The summed E-state index contributed by atoms with van der Waals surface area (Å²) in [4.78, 5) is 66.4. The molecule has 11 nitrogen and oxygen atoms in total. The van der Waals surface area contributed by atoms with E-state index < -0.39 is 12.1 Å². The van der Waals surface area contributed by atoms with Gasteiger partial charge in [0.2, 0.25) is 5.91 Å². The Morgan fingerprint density at radius 1 is 0.953 bits per heavy atom. The molecule has 0 spiro atoms. The molecule has 0 saturated carbocycles. The van der Waals surface area contributed by atoms with Gasteiger partial charge in [-0.1, -0.05) is 44.2 Å². The first-order valence-electron chi connectivity index (χ1n) is 14.0. The number of carbonyl (C=O) groups is 4. The minimum atomic E-state index is -0.521. The van der Waals surface area contributed by atoms with Gasteiger partial charge < -0.3 is 25.8 Å². The summed E-state index contributed by atoms with van der Waals surface area (Å²) < 4.78 is 0. The molecule has 4 N–H and O–H groups in total. The molecule has 1 aromatic carbocycles. The van der Waals surface area contributed by atoms with Gasteiger partial charge in [0.15, 0.2) is 0 Å². The van der Waals surface area contributed by atoms with Gasteiger partial charge >= 0.3 is 0 Å². The number of nitrogens with one attached hydrogen (secondary N) is 4. The van der Waals surface area contributed by atoms with Gasteiger partial charge in [-0.25, -0.2) is 9.97 Å². The highest BCUT2D eigenvalue weighted by Crippen LogP contribution is 2.27. The van der Waals surface area contributed by atoms with Crippen molar-refractivity contribution >= 4 is 46.3 Å². The van der Waals surface area contributed by atoms with Crippen LogP contribution < -0.4 is 16.0 Å². The first-order valence-corrected chi connectivity index (χ1v) is 15.8. The number of carbonyl (C=O) groups excluding carboxylic acids is 4. The lowest BCUT2D eigenvalue weighted by molar-refractivity contribution is -0.122. The number of hydrogen-bond acceptors (Lipinski definition) is 8. The van der Waals surface area contributed by atoms with Crippen molar-refractivity contribution in [3.05, 3.63) is 92.1 Å². The minimum absolute atomic E-state index is 0.00605. The molecule has 0 unspecified atom stereocenters. The molecule has 0 radical (unpaired) electrons. The second kappa shape index (κ2) is 13.7. The Labute approximate surface area is 257 Å². The van der Waals surface area contributed by atoms with Crippen LogP contribution >= 0.6 is 22.7 Å². The maximum Gasteiger partial charge on any atom is 0.271 e. The van der Waals surface area contributed by atoms with Gasteiger partial charge in [-0.05, 0) is 36.5 Å². The maximum absolute atomic E-state index is 13.4. The van der Waals surface area contributed by atoms with E-state index in [1.54, 1.807) is 29.1 Å². The number of fused-ring (bicyclic) bond motifs is 4. The second-order valence-electron chi connectivity index (χ2n) is 10.6. The molecule has 3 aromatic heterocycles. The average molecular weight is 620 g/mol. The van der Waals surface area contributed by atoms with Gasteiger partial charge in [-0.15, -0.1) is 22.7 Å². The van der Waals surface area contributed by atoms with Gasteiger partial charge in [0.05, 0.1) is 18.6 Å². The van der Waals surface area contributed by atoms with E-state index in [2.05, 4.69) is 30.9 Å². The van der Waals surface area contributed by atoms with Crippen LogP contribution in [0.1, 0.15) is 79.4 Å². The Morgan fingerprint density at radius 3 is 2.40 bits per heavy atom. The highest BCUT2D eigenvalue weighted by atomic mass is 32.1. The van der Waals surface area contributed by atoms with Crippen molar-refractivity contribution in [2.45, 2.75) is 38.8 Å². The lowest BCUT2D eigenvalue weighted by atomic mass is 10.0. The third kappa shape index (κ3) is 7.54. The summed E-state index contributed by atoms with van der Waals surface area (Å²) in [7, 11) is 0. The van der Waals surface area contributed by atoms with Gasteiger partial charge in [0, 0.05) is 30.0 Å². The van der Waals surface area contributed by atoms with Crippen molar-refractivity contribution in [2.75, 3.05) is 19.6 Å². The van der Waals surface area contributed by atoms with Crippen LogP contribution in [0.2, 0.25) is 0 Å². The molecular weight excluding hydrogens is 587 g/mol. The lowest BCUT2D eigenvalue weighted by Gasteiger charge is -2.24. The van der Waals surface area contributed by atoms with Crippen molar-refractivity contribution in [1.82, 2.24) is 35.8 Å². The largest absolute Gasteiger partial charge is 0.357 e. The van der Waals surface area contributed by atoms with E-state index in [4.69, 9.17) is 0 Å².